The lowest BCUT2D eigenvalue weighted by Crippen LogP contribution is -2.47. The molecule has 1 atom stereocenters. The Kier molecular flexibility index (Phi) is 7.37. The Morgan fingerprint density at radius 3 is 2.52 bits per heavy atom. The van der Waals surface area contributed by atoms with Crippen molar-refractivity contribution in [2.24, 2.45) is 4.99 Å². The predicted octanol–water partition coefficient (Wildman–Crippen LogP) is 2.08. The van der Waals surface area contributed by atoms with E-state index in [9.17, 15) is 12.8 Å². The van der Waals surface area contributed by atoms with Gasteiger partial charge in [0.1, 0.15) is 5.82 Å². The Hall–Kier alpha value is -1.67. The number of benzene rings is 1. The molecular formula is C17H29FN4O2S. The van der Waals surface area contributed by atoms with Gasteiger partial charge < -0.3 is 10.6 Å². The SMILES string of the molecule is CCNC(=NCC(C)(C)NS(C)(=O)=O)NC(C)c1ccc(C)c(F)c1. The highest BCUT2D eigenvalue weighted by molar-refractivity contribution is 7.88. The van der Waals surface area contributed by atoms with E-state index in [2.05, 4.69) is 20.3 Å². The molecule has 0 amide bonds. The second-order valence-corrected chi connectivity index (χ2v) is 8.58. The van der Waals surface area contributed by atoms with Gasteiger partial charge in [-0.25, -0.2) is 17.5 Å². The summed E-state index contributed by atoms with van der Waals surface area (Å²) in [6, 6.07) is 4.96. The smallest absolute Gasteiger partial charge is 0.209 e. The number of rotatable bonds is 7. The fraction of sp³-hybridized carbons (Fsp3) is 0.588. The van der Waals surface area contributed by atoms with Crippen LogP contribution in [0.2, 0.25) is 0 Å². The molecule has 0 aliphatic carbocycles. The van der Waals surface area contributed by atoms with Crippen LogP contribution in [0.15, 0.2) is 23.2 Å². The molecule has 0 aromatic heterocycles. The number of aliphatic imine (C=N–C) groups is 1. The molecule has 0 fully saturated rings. The first-order chi connectivity index (χ1) is 11.4. The minimum Gasteiger partial charge on any atom is -0.357 e. The molecule has 1 aromatic carbocycles. The first-order valence-electron chi connectivity index (χ1n) is 8.23. The number of aryl methyl sites for hydroxylation is 1. The maximum absolute atomic E-state index is 13.7. The lowest BCUT2D eigenvalue weighted by molar-refractivity contribution is 0.464. The van der Waals surface area contributed by atoms with Gasteiger partial charge in [-0.15, -0.1) is 0 Å². The molecule has 3 N–H and O–H groups in total. The molecule has 6 nitrogen and oxygen atoms in total. The summed E-state index contributed by atoms with van der Waals surface area (Å²) in [5, 5.41) is 6.32. The van der Waals surface area contributed by atoms with E-state index in [1.54, 1.807) is 26.8 Å². The van der Waals surface area contributed by atoms with Crippen molar-refractivity contribution in [2.45, 2.75) is 46.2 Å². The summed E-state index contributed by atoms with van der Waals surface area (Å²) in [6.07, 6.45) is 1.12. The van der Waals surface area contributed by atoms with E-state index in [1.807, 2.05) is 19.9 Å². The minimum absolute atomic E-state index is 0.154. The van der Waals surface area contributed by atoms with E-state index < -0.39 is 15.6 Å². The van der Waals surface area contributed by atoms with E-state index in [0.29, 0.717) is 18.1 Å². The van der Waals surface area contributed by atoms with Crippen LogP contribution in [0, 0.1) is 12.7 Å². The zero-order chi connectivity index (χ0) is 19.3. The Morgan fingerprint density at radius 2 is 2.00 bits per heavy atom. The Bertz CT molecular complexity index is 717. The standard InChI is InChI=1S/C17H29FN4O2S/c1-7-19-16(20-11-17(4,5)22-25(6,23)24)21-13(3)14-9-8-12(2)15(18)10-14/h8-10,13,22H,7,11H2,1-6H3,(H2,19,20,21). The highest BCUT2D eigenvalue weighted by Gasteiger charge is 2.22. The van der Waals surface area contributed by atoms with Crippen LogP contribution in [0.1, 0.15) is 44.9 Å². The third-order valence-electron chi connectivity index (χ3n) is 3.49. The van der Waals surface area contributed by atoms with Gasteiger partial charge in [0.2, 0.25) is 10.0 Å². The third-order valence-corrected chi connectivity index (χ3v) is 4.41. The molecule has 0 aliphatic rings. The summed E-state index contributed by atoms with van der Waals surface area (Å²) in [6.45, 7) is 10.0. The molecule has 8 heteroatoms. The van der Waals surface area contributed by atoms with E-state index in [0.717, 1.165) is 11.8 Å². The fourth-order valence-electron chi connectivity index (χ4n) is 2.30. The molecular weight excluding hydrogens is 343 g/mol. The maximum atomic E-state index is 13.7. The molecule has 0 saturated carbocycles. The third kappa shape index (κ3) is 7.83. The summed E-state index contributed by atoms with van der Waals surface area (Å²) >= 11 is 0. The van der Waals surface area contributed by atoms with Crippen LogP contribution in [0.5, 0.6) is 0 Å². The van der Waals surface area contributed by atoms with Gasteiger partial charge in [-0.05, 0) is 51.8 Å². The second-order valence-electron chi connectivity index (χ2n) is 6.83. The van der Waals surface area contributed by atoms with Gasteiger partial charge in [0.25, 0.3) is 0 Å². The van der Waals surface area contributed by atoms with Crippen molar-refractivity contribution in [1.29, 1.82) is 0 Å². The van der Waals surface area contributed by atoms with Gasteiger partial charge in [-0.3, -0.25) is 4.99 Å². The molecule has 0 aliphatic heterocycles. The van der Waals surface area contributed by atoms with Crippen LogP contribution >= 0.6 is 0 Å². The van der Waals surface area contributed by atoms with Crippen LogP contribution < -0.4 is 15.4 Å². The molecule has 1 unspecified atom stereocenters. The molecule has 25 heavy (non-hydrogen) atoms. The Morgan fingerprint density at radius 1 is 1.36 bits per heavy atom. The highest BCUT2D eigenvalue weighted by atomic mass is 32.2. The summed E-state index contributed by atoms with van der Waals surface area (Å²) in [4.78, 5) is 4.45. The van der Waals surface area contributed by atoms with Crippen molar-refractivity contribution in [3.8, 4) is 0 Å². The largest absolute Gasteiger partial charge is 0.357 e. The molecule has 142 valence electrons. The average Bonchev–Trinajstić information content (AvgIpc) is 2.45. The van der Waals surface area contributed by atoms with Crippen molar-refractivity contribution in [3.63, 3.8) is 0 Å². The zero-order valence-corrected chi connectivity index (χ0v) is 16.6. The average molecular weight is 373 g/mol. The lowest BCUT2D eigenvalue weighted by Gasteiger charge is -2.24. The van der Waals surface area contributed by atoms with E-state index in [-0.39, 0.29) is 18.4 Å². The minimum atomic E-state index is -3.32. The first-order valence-corrected chi connectivity index (χ1v) is 10.1. The summed E-state index contributed by atoms with van der Waals surface area (Å²) in [5.74, 6) is 0.297. The van der Waals surface area contributed by atoms with E-state index in [4.69, 9.17) is 0 Å². The molecule has 0 saturated heterocycles. The number of guanidine groups is 1. The number of hydrogen-bond donors (Lipinski definition) is 3. The monoisotopic (exact) mass is 372 g/mol. The highest BCUT2D eigenvalue weighted by Crippen LogP contribution is 2.16. The zero-order valence-electron chi connectivity index (χ0n) is 15.8. The number of hydrogen-bond acceptors (Lipinski definition) is 3. The van der Waals surface area contributed by atoms with Crippen molar-refractivity contribution in [3.05, 3.63) is 35.1 Å². The second kappa shape index (κ2) is 8.62. The Labute approximate surface area is 150 Å². The summed E-state index contributed by atoms with van der Waals surface area (Å²) in [5.41, 5.74) is 0.696. The van der Waals surface area contributed by atoms with Crippen LogP contribution in [-0.2, 0) is 10.0 Å². The van der Waals surface area contributed by atoms with Gasteiger partial charge in [0.05, 0.1) is 18.8 Å². The molecule has 0 radical (unpaired) electrons. The van der Waals surface area contributed by atoms with Gasteiger partial charge in [-0.1, -0.05) is 12.1 Å². The van der Waals surface area contributed by atoms with E-state index >= 15 is 0 Å². The van der Waals surface area contributed by atoms with Gasteiger partial charge in [0.15, 0.2) is 5.96 Å². The fourth-order valence-corrected chi connectivity index (χ4v) is 3.37. The van der Waals surface area contributed by atoms with Crippen LogP contribution in [0.25, 0.3) is 0 Å². The van der Waals surface area contributed by atoms with Crippen molar-refractivity contribution >= 4 is 16.0 Å². The normalized spacial score (nSPS) is 14.3. The lowest BCUT2D eigenvalue weighted by atomic mass is 10.1. The van der Waals surface area contributed by atoms with Gasteiger partial charge >= 0.3 is 0 Å². The number of sulfonamides is 1. The molecule has 0 bridgehead atoms. The molecule has 1 aromatic rings. The van der Waals surface area contributed by atoms with Crippen LogP contribution in [0.4, 0.5) is 4.39 Å². The van der Waals surface area contributed by atoms with Gasteiger partial charge in [-0.2, -0.15) is 0 Å². The van der Waals surface area contributed by atoms with Crippen LogP contribution in [0.3, 0.4) is 0 Å². The maximum Gasteiger partial charge on any atom is 0.209 e. The number of nitrogens with zero attached hydrogens (tertiary/aromatic N) is 1. The Balaban J connectivity index is 2.86. The number of halogens is 1. The topological polar surface area (TPSA) is 82.6 Å². The van der Waals surface area contributed by atoms with Crippen molar-refractivity contribution in [2.75, 3.05) is 19.3 Å². The van der Waals surface area contributed by atoms with Crippen molar-refractivity contribution < 1.29 is 12.8 Å². The quantitative estimate of drug-likeness (QED) is 0.505. The van der Waals surface area contributed by atoms with Gasteiger partial charge in [0, 0.05) is 12.1 Å². The summed E-state index contributed by atoms with van der Waals surface area (Å²) < 4.78 is 39.1. The first kappa shape index (κ1) is 21.4. The number of nitrogens with one attached hydrogen (secondary N) is 3. The molecule has 0 heterocycles. The van der Waals surface area contributed by atoms with Crippen molar-refractivity contribution in [1.82, 2.24) is 15.4 Å². The van der Waals surface area contributed by atoms with E-state index in [1.165, 1.54) is 6.07 Å². The predicted molar refractivity (Wildman–Crippen MR) is 101 cm³/mol. The molecule has 0 spiro atoms. The van der Waals surface area contributed by atoms with Crippen LogP contribution in [-0.4, -0.2) is 39.3 Å². The summed E-state index contributed by atoms with van der Waals surface area (Å²) in [7, 11) is -3.32. The molecule has 1 rings (SSSR count).